The van der Waals surface area contributed by atoms with Crippen molar-refractivity contribution >= 4 is 28.5 Å². The lowest BCUT2D eigenvalue weighted by Crippen LogP contribution is -2.51. The smallest absolute Gasteiger partial charge is 0.322 e. The summed E-state index contributed by atoms with van der Waals surface area (Å²) in [5.41, 5.74) is 5.22. The first-order valence-electron chi connectivity index (χ1n) is 13.1. The monoisotopic (exact) mass is 513 g/mol. The van der Waals surface area contributed by atoms with Crippen molar-refractivity contribution in [3.8, 4) is 0 Å². The molecule has 1 saturated heterocycles. The zero-order valence-electron chi connectivity index (χ0n) is 21.6. The average molecular weight is 514 g/mol. The van der Waals surface area contributed by atoms with E-state index in [9.17, 15) is 9.59 Å². The number of nitrogens with zero attached hydrogens (tertiary/aromatic N) is 5. The number of carbonyl (C=O) groups excluding carboxylic acids is 2. The second kappa shape index (κ2) is 9.92. The number of H-pyrrole nitrogens is 1. The van der Waals surface area contributed by atoms with Gasteiger partial charge in [0.1, 0.15) is 0 Å². The number of fused-ring (bicyclic) bond motifs is 2. The number of likely N-dealkylation sites (tertiary alicyclic amines) is 1. The summed E-state index contributed by atoms with van der Waals surface area (Å²) in [5.74, 6) is 0.883. The fourth-order valence-electron chi connectivity index (χ4n) is 5.72. The lowest BCUT2D eigenvalue weighted by Gasteiger charge is -2.40. The molecular formula is C28H31N7O3. The quantitative estimate of drug-likeness (QED) is 0.396. The van der Waals surface area contributed by atoms with Crippen molar-refractivity contribution in [3.05, 3.63) is 71.0 Å². The number of carbonyl (C=O) groups is 2. The summed E-state index contributed by atoms with van der Waals surface area (Å²) in [6.45, 7) is 5.66. The molecule has 0 aliphatic carbocycles. The van der Waals surface area contributed by atoms with Crippen LogP contribution in [0.2, 0.25) is 0 Å². The van der Waals surface area contributed by atoms with Gasteiger partial charge in [-0.2, -0.15) is 10.1 Å². The standard InChI is InChI=1S/C28H31N7O3/c1-17-11-19(13-22-15-29-32-26(17)22)12-21(27-30-18(2)33-38-27)14-25(36)34-9-7-23(8-10-34)35-16-20-5-3-4-6-24(20)31-28(35)37/h3-6,11,13,15,21,23H,7-10,12,14,16H2,1-2H3,(H,29,32)(H,31,37). The van der Waals surface area contributed by atoms with Crippen LogP contribution in [0.15, 0.2) is 47.1 Å². The molecule has 1 fully saturated rings. The summed E-state index contributed by atoms with van der Waals surface area (Å²) in [6, 6.07) is 12.2. The van der Waals surface area contributed by atoms with Gasteiger partial charge in [-0.15, -0.1) is 0 Å². The molecule has 6 rings (SSSR count). The number of benzene rings is 2. The molecule has 2 aliphatic rings. The molecule has 38 heavy (non-hydrogen) atoms. The van der Waals surface area contributed by atoms with Crippen molar-refractivity contribution in [2.75, 3.05) is 18.4 Å². The second-order valence-corrected chi connectivity index (χ2v) is 10.4. The Bertz CT molecular complexity index is 1480. The molecule has 2 N–H and O–H groups in total. The Hall–Kier alpha value is -4.21. The molecule has 3 amide bonds. The zero-order valence-corrected chi connectivity index (χ0v) is 21.6. The fourth-order valence-corrected chi connectivity index (χ4v) is 5.72. The molecule has 0 radical (unpaired) electrons. The Morgan fingerprint density at radius 3 is 2.79 bits per heavy atom. The van der Waals surface area contributed by atoms with Gasteiger partial charge >= 0.3 is 6.03 Å². The lowest BCUT2D eigenvalue weighted by atomic mass is 9.93. The molecule has 2 aromatic carbocycles. The van der Waals surface area contributed by atoms with Crippen molar-refractivity contribution in [2.24, 2.45) is 0 Å². The van der Waals surface area contributed by atoms with Gasteiger partial charge in [-0.25, -0.2) is 4.79 Å². The van der Waals surface area contributed by atoms with Crippen LogP contribution in [-0.4, -0.2) is 61.2 Å². The highest BCUT2D eigenvalue weighted by Crippen LogP contribution is 2.30. The predicted octanol–water partition coefficient (Wildman–Crippen LogP) is 4.32. The summed E-state index contributed by atoms with van der Waals surface area (Å²) in [6.07, 6.45) is 4.21. The minimum absolute atomic E-state index is 0.0646. The van der Waals surface area contributed by atoms with Crippen molar-refractivity contribution in [1.82, 2.24) is 30.1 Å². The number of aromatic amines is 1. The van der Waals surface area contributed by atoms with Crippen LogP contribution in [0.3, 0.4) is 0 Å². The number of amides is 3. The summed E-state index contributed by atoms with van der Waals surface area (Å²) < 4.78 is 5.53. The molecule has 10 nitrogen and oxygen atoms in total. The number of piperidine rings is 1. The summed E-state index contributed by atoms with van der Waals surface area (Å²) in [4.78, 5) is 34.5. The van der Waals surface area contributed by atoms with E-state index < -0.39 is 0 Å². The van der Waals surface area contributed by atoms with Crippen molar-refractivity contribution in [1.29, 1.82) is 0 Å². The van der Waals surface area contributed by atoms with Crippen LogP contribution in [-0.2, 0) is 17.8 Å². The number of hydrogen-bond donors (Lipinski definition) is 2. The Morgan fingerprint density at radius 1 is 1.18 bits per heavy atom. The predicted molar refractivity (Wildman–Crippen MR) is 142 cm³/mol. The van der Waals surface area contributed by atoms with E-state index in [2.05, 4.69) is 37.8 Å². The average Bonchev–Trinajstić information content (AvgIpc) is 3.57. The highest BCUT2D eigenvalue weighted by Gasteiger charge is 2.33. The lowest BCUT2D eigenvalue weighted by molar-refractivity contribution is -0.133. The van der Waals surface area contributed by atoms with E-state index in [0.717, 1.165) is 46.1 Å². The maximum absolute atomic E-state index is 13.5. The number of hydrogen-bond acceptors (Lipinski definition) is 6. The van der Waals surface area contributed by atoms with Gasteiger partial charge in [0.15, 0.2) is 5.82 Å². The maximum atomic E-state index is 13.5. The molecule has 10 heteroatoms. The van der Waals surface area contributed by atoms with Crippen LogP contribution >= 0.6 is 0 Å². The Balaban J connectivity index is 1.12. The van der Waals surface area contributed by atoms with Crippen LogP contribution in [0.1, 0.15) is 53.6 Å². The number of aryl methyl sites for hydroxylation is 2. The largest absolute Gasteiger partial charge is 0.343 e. The van der Waals surface area contributed by atoms with E-state index in [-0.39, 0.29) is 30.3 Å². The fraction of sp³-hybridized carbons (Fsp3) is 0.393. The van der Waals surface area contributed by atoms with E-state index in [0.29, 0.717) is 37.8 Å². The van der Waals surface area contributed by atoms with E-state index in [1.54, 1.807) is 6.92 Å². The van der Waals surface area contributed by atoms with Gasteiger partial charge in [-0.1, -0.05) is 29.4 Å². The van der Waals surface area contributed by atoms with E-state index in [1.165, 1.54) is 0 Å². The third-order valence-corrected chi connectivity index (χ3v) is 7.72. The summed E-state index contributed by atoms with van der Waals surface area (Å²) >= 11 is 0. The molecule has 196 valence electrons. The second-order valence-electron chi connectivity index (χ2n) is 10.4. The van der Waals surface area contributed by atoms with Crippen LogP contribution < -0.4 is 5.32 Å². The molecule has 4 aromatic rings. The van der Waals surface area contributed by atoms with Gasteiger partial charge in [-0.05, 0) is 61.9 Å². The number of anilines is 1. The van der Waals surface area contributed by atoms with Gasteiger partial charge in [0.2, 0.25) is 11.8 Å². The normalized spacial score (nSPS) is 16.9. The van der Waals surface area contributed by atoms with Gasteiger partial charge in [-0.3, -0.25) is 9.89 Å². The van der Waals surface area contributed by atoms with Gasteiger partial charge in [0.05, 0.1) is 17.6 Å². The van der Waals surface area contributed by atoms with E-state index in [1.807, 2.05) is 47.2 Å². The first kappa shape index (κ1) is 24.1. The van der Waals surface area contributed by atoms with Crippen LogP contribution in [0.5, 0.6) is 0 Å². The van der Waals surface area contributed by atoms with Gasteiger partial charge in [0.25, 0.3) is 0 Å². The van der Waals surface area contributed by atoms with Crippen LogP contribution in [0.4, 0.5) is 10.5 Å². The molecule has 0 saturated carbocycles. The number of nitrogens with one attached hydrogen (secondary N) is 2. The number of urea groups is 1. The molecule has 0 bridgehead atoms. The SMILES string of the molecule is Cc1noc(C(CC(=O)N2CCC(N3Cc4ccccc4NC3=O)CC2)Cc2cc(C)c3[nH]ncc3c2)n1. The molecular weight excluding hydrogens is 482 g/mol. The summed E-state index contributed by atoms with van der Waals surface area (Å²) in [7, 11) is 0. The van der Waals surface area contributed by atoms with Crippen LogP contribution in [0, 0.1) is 13.8 Å². The third kappa shape index (κ3) is 4.73. The first-order valence-corrected chi connectivity index (χ1v) is 13.1. The van der Waals surface area contributed by atoms with Crippen molar-refractivity contribution < 1.29 is 14.1 Å². The molecule has 4 heterocycles. The maximum Gasteiger partial charge on any atom is 0.322 e. The molecule has 1 unspecified atom stereocenters. The topological polar surface area (TPSA) is 120 Å². The molecule has 2 aromatic heterocycles. The Labute approximate surface area is 220 Å². The third-order valence-electron chi connectivity index (χ3n) is 7.72. The van der Waals surface area contributed by atoms with Gasteiger partial charge in [0, 0.05) is 43.2 Å². The van der Waals surface area contributed by atoms with Crippen molar-refractivity contribution in [2.45, 2.75) is 58.0 Å². The van der Waals surface area contributed by atoms with Crippen LogP contribution in [0.25, 0.3) is 10.9 Å². The molecule has 2 aliphatic heterocycles. The van der Waals surface area contributed by atoms with E-state index in [4.69, 9.17) is 4.52 Å². The number of rotatable bonds is 6. The highest BCUT2D eigenvalue weighted by molar-refractivity contribution is 5.92. The minimum atomic E-state index is -0.227. The number of aromatic nitrogens is 4. The highest BCUT2D eigenvalue weighted by atomic mass is 16.5. The van der Waals surface area contributed by atoms with Crippen molar-refractivity contribution in [3.63, 3.8) is 0 Å². The molecule has 0 spiro atoms. The summed E-state index contributed by atoms with van der Waals surface area (Å²) in [5, 5.41) is 15.2. The Morgan fingerprint density at radius 2 is 2.00 bits per heavy atom. The molecule has 1 atom stereocenters. The zero-order chi connectivity index (χ0) is 26.2. The number of para-hydroxylation sites is 1. The first-order chi connectivity index (χ1) is 18.4. The minimum Gasteiger partial charge on any atom is -0.343 e. The Kier molecular flexibility index (Phi) is 6.30. The van der Waals surface area contributed by atoms with E-state index >= 15 is 0 Å². The van der Waals surface area contributed by atoms with Gasteiger partial charge < -0.3 is 19.6 Å².